The predicted molar refractivity (Wildman–Crippen MR) is 64.3 cm³/mol. The van der Waals surface area contributed by atoms with Crippen LogP contribution in [0.1, 0.15) is 24.0 Å². The van der Waals surface area contributed by atoms with E-state index in [-0.39, 0.29) is 12.4 Å². The lowest BCUT2D eigenvalue weighted by Crippen LogP contribution is -2.08. The van der Waals surface area contributed by atoms with Gasteiger partial charge in [-0.2, -0.15) is 0 Å². The van der Waals surface area contributed by atoms with Gasteiger partial charge in [-0.25, -0.2) is 8.42 Å². The van der Waals surface area contributed by atoms with Crippen molar-refractivity contribution >= 4 is 9.84 Å². The highest BCUT2D eigenvalue weighted by Gasteiger charge is 2.14. The third kappa shape index (κ3) is 3.61. The first-order valence-electron chi connectivity index (χ1n) is 5.37. The van der Waals surface area contributed by atoms with Gasteiger partial charge in [-0.15, -0.1) is 0 Å². The van der Waals surface area contributed by atoms with E-state index >= 15 is 0 Å². The van der Waals surface area contributed by atoms with Gasteiger partial charge in [-0.05, 0) is 49.9 Å². The molecule has 0 fully saturated rings. The summed E-state index contributed by atoms with van der Waals surface area (Å²) in [7, 11) is -3.19. The van der Waals surface area contributed by atoms with Gasteiger partial charge in [0.15, 0.2) is 9.84 Å². The van der Waals surface area contributed by atoms with E-state index in [2.05, 4.69) is 0 Å². The predicted octanol–water partition coefficient (Wildman–Crippen LogP) is 1.85. The highest BCUT2D eigenvalue weighted by Crippen LogP contribution is 2.16. The maximum atomic E-state index is 11.9. The number of aliphatic hydroxyl groups is 1. The van der Waals surface area contributed by atoms with Gasteiger partial charge in [0.1, 0.15) is 0 Å². The van der Waals surface area contributed by atoms with Gasteiger partial charge in [-0.3, -0.25) is 0 Å². The molecule has 90 valence electrons. The van der Waals surface area contributed by atoms with Crippen LogP contribution in [0, 0.1) is 13.8 Å². The number of hydrogen-bond acceptors (Lipinski definition) is 3. The van der Waals surface area contributed by atoms with Crippen molar-refractivity contribution in [3.8, 4) is 0 Å². The number of sulfone groups is 1. The van der Waals surface area contributed by atoms with Gasteiger partial charge in [0.2, 0.25) is 0 Å². The smallest absolute Gasteiger partial charge is 0.178 e. The molecule has 4 heteroatoms. The first-order valence-corrected chi connectivity index (χ1v) is 7.03. The van der Waals surface area contributed by atoms with Crippen LogP contribution in [-0.4, -0.2) is 25.9 Å². The van der Waals surface area contributed by atoms with Gasteiger partial charge in [0, 0.05) is 6.61 Å². The van der Waals surface area contributed by atoms with E-state index in [1.54, 1.807) is 12.1 Å². The van der Waals surface area contributed by atoms with Crippen LogP contribution in [-0.2, 0) is 9.84 Å². The van der Waals surface area contributed by atoms with E-state index in [1.165, 1.54) is 0 Å². The molecule has 0 aliphatic heterocycles. The SMILES string of the molecule is Cc1cc(C)cc(S(=O)(=O)CCCCO)c1. The van der Waals surface area contributed by atoms with Crippen LogP contribution in [0.5, 0.6) is 0 Å². The van der Waals surface area contributed by atoms with Crippen LogP contribution in [0.15, 0.2) is 23.1 Å². The average molecular weight is 242 g/mol. The summed E-state index contributed by atoms with van der Waals surface area (Å²) in [6.45, 7) is 3.82. The molecule has 1 aromatic rings. The zero-order valence-corrected chi connectivity index (χ0v) is 10.5. The lowest BCUT2D eigenvalue weighted by molar-refractivity contribution is 0.287. The van der Waals surface area contributed by atoms with Crippen LogP contribution in [0.25, 0.3) is 0 Å². The molecule has 1 N–H and O–H groups in total. The van der Waals surface area contributed by atoms with Gasteiger partial charge >= 0.3 is 0 Å². The molecule has 1 aromatic carbocycles. The van der Waals surface area contributed by atoms with Gasteiger partial charge in [0.05, 0.1) is 10.6 Å². The van der Waals surface area contributed by atoms with Crippen molar-refractivity contribution in [1.82, 2.24) is 0 Å². The summed E-state index contributed by atoms with van der Waals surface area (Å²) in [5.41, 5.74) is 1.92. The molecule has 0 aromatic heterocycles. The lowest BCUT2D eigenvalue weighted by atomic mass is 10.2. The summed E-state index contributed by atoms with van der Waals surface area (Å²) in [6, 6.07) is 5.34. The monoisotopic (exact) mass is 242 g/mol. The highest BCUT2D eigenvalue weighted by atomic mass is 32.2. The number of unbranched alkanes of at least 4 members (excludes halogenated alkanes) is 1. The molecule has 0 amide bonds. The molecule has 0 aliphatic carbocycles. The Hall–Kier alpha value is -0.870. The molecular weight excluding hydrogens is 224 g/mol. The second-order valence-corrected chi connectivity index (χ2v) is 6.18. The van der Waals surface area contributed by atoms with Gasteiger partial charge in [-0.1, -0.05) is 6.07 Å². The Balaban J connectivity index is 2.89. The Morgan fingerprint density at radius 2 is 1.62 bits per heavy atom. The van der Waals surface area contributed by atoms with Crippen LogP contribution >= 0.6 is 0 Å². The standard InChI is InChI=1S/C12H18O3S/c1-10-7-11(2)9-12(8-10)16(14,15)6-4-3-5-13/h7-9,13H,3-6H2,1-2H3. The van der Waals surface area contributed by atoms with Crippen molar-refractivity contribution in [1.29, 1.82) is 0 Å². The fourth-order valence-corrected chi connectivity index (χ4v) is 3.18. The molecule has 3 nitrogen and oxygen atoms in total. The van der Waals surface area contributed by atoms with E-state index in [4.69, 9.17) is 5.11 Å². The normalized spacial score (nSPS) is 11.7. The average Bonchev–Trinajstić information content (AvgIpc) is 2.16. The summed E-state index contributed by atoms with van der Waals surface area (Å²) in [4.78, 5) is 0.392. The number of hydrogen-bond donors (Lipinski definition) is 1. The Labute approximate surface area is 97.0 Å². The summed E-state index contributed by atoms with van der Waals surface area (Å²) >= 11 is 0. The fourth-order valence-electron chi connectivity index (χ4n) is 1.63. The Bertz CT molecular complexity index is 429. The molecule has 0 spiro atoms. The van der Waals surface area contributed by atoms with Crippen LogP contribution in [0.4, 0.5) is 0 Å². The Morgan fingerprint density at radius 3 is 2.12 bits per heavy atom. The molecule has 0 bridgehead atoms. The summed E-state index contributed by atoms with van der Waals surface area (Å²) in [5.74, 6) is 0.108. The number of aryl methyl sites for hydroxylation is 2. The van der Waals surface area contributed by atoms with Gasteiger partial charge < -0.3 is 5.11 Å². The molecule has 16 heavy (non-hydrogen) atoms. The number of aliphatic hydroxyl groups excluding tert-OH is 1. The first kappa shape index (κ1) is 13.2. The molecule has 1 rings (SSSR count). The largest absolute Gasteiger partial charge is 0.396 e. The maximum Gasteiger partial charge on any atom is 0.178 e. The quantitative estimate of drug-likeness (QED) is 0.802. The van der Waals surface area contributed by atoms with Crippen molar-refractivity contribution in [2.75, 3.05) is 12.4 Å². The molecule has 0 aliphatic rings. The molecule has 0 heterocycles. The molecule has 0 unspecified atom stereocenters. The molecule has 0 atom stereocenters. The lowest BCUT2D eigenvalue weighted by Gasteiger charge is -2.06. The highest BCUT2D eigenvalue weighted by molar-refractivity contribution is 7.91. The zero-order chi connectivity index (χ0) is 12.2. The van der Waals surface area contributed by atoms with Crippen molar-refractivity contribution in [2.24, 2.45) is 0 Å². The first-order chi connectivity index (χ1) is 7.45. The number of benzene rings is 1. The van der Waals surface area contributed by atoms with Crippen LogP contribution in [0.2, 0.25) is 0 Å². The van der Waals surface area contributed by atoms with E-state index in [0.717, 1.165) is 11.1 Å². The third-order valence-electron chi connectivity index (χ3n) is 2.38. The minimum atomic E-state index is -3.19. The van der Waals surface area contributed by atoms with E-state index < -0.39 is 9.84 Å². The molecule has 0 saturated carbocycles. The fraction of sp³-hybridized carbons (Fsp3) is 0.500. The van der Waals surface area contributed by atoms with E-state index in [1.807, 2.05) is 19.9 Å². The summed E-state index contributed by atoms with van der Waals surface area (Å²) < 4.78 is 23.9. The van der Waals surface area contributed by atoms with Crippen LogP contribution < -0.4 is 0 Å². The minimum absolute atomic E-state index is 0.0440. The molecular formula is C12H18O3S. The zero-order valence-electron chi connectivity index (χ0n) is 9.73. The third-order valence-corrected chi connectivity index (χ3v) is 4.16. The summed E-state index contributed by atoms with van der Waals surface area (Å²) in [5, 5.41) is 8.63. The maximum absolute atomic E-state index is 11.9. The van der Waals surface area contributed by atoms with E-state index in [0.29, 0.717) is 17.7 Å². The van der Waals surface area contributed by atoms with Crippen molar-refractivity contribution in [3.63, 3.8) is 0 Å². The van der Waals surface area contributed by atoms with E-state index in [9.17, 15) is 8.42 Å². The second-order valence-electron chi connectivity index (χ2n) is 4.07. The van der Waals surface area contributed by atoms with Crippen molar-refractivity contribution in [3.05, 3.63) is 29.3 Å². The minimum Gasteiger partial charge on any atom is -0.396 e. The number of rotatable bonds is 5. The van der Waals surface area contributed by atoms with Crippen LogP contribution in [0.3, 0.4) is 0 Å². The summed E-state index contributed by atoms with van der Waals surface area (Å²) in [6.07, 6.45) is 1.04. The Morgan fingerprint density at radius 1 is 1.06 bits per heavy atom. The molecule has 0 radical (unpaired) electrons. The topological polar surface area (TPSA) is 54.4 Å². The molecule has 0 saturated heterocycles. The van der Waals surface area contributed by atoms with Crippen molar-refractivity contribution < 1.29 is 13.5 Å². The Kier molecular flexibility index (Phi) is 4.50. The van der Waals surface area contributed by atoms with Gasteiger partial charge in [0.25, 0.3) is 0 Å². The van der Waals surface area contributed by atoms with Crippen molar-refractivity contribution in [2.45, 2.75) is 31.6 Å². The second kappa shape index (κ2) is 5.46.